The molecule has 0 bridgehead atoms. The number of hydrogen-bond acceptors (Lipinski definition) is 3. The SMILES string of the molecule is C#CCN(C)Cc1ccc(CNC2CC2)cn1. The van der Waals surface area contributed by atoms with Crippen LogP contribution in [0.3, 0.4) is 0 Å². The van der Waals surface area contributed by atoms with Crippen molar-refractivity contribution in [3.8, 4) is 12.3 Å². The van der Waals surface area contributed by atoms with E-state index in [0.29, 0.717) is 6.54 Å². The van der Waals surface area contributed by atoms with E-state index in [-0.39, 0.29) is 0 Å². The summed E-state index contributed by atoms with van der Waals surface area (Å²) in [4.78, 5) is 6.52. The molecule has 90 valence electrons. The van der Waals surface area contributed by atoms with Gasteiger partial charge in [0.25, 0.3) is 0 Å². The molecule has 0 unspecified atom stereocenters. The van der Waals surface area contributed by atoms with Crippen LogP contribution >= 0.6 is 0 Å². The topological polar surface area (TPSA) is 28.2 Å². The standard InChI is InChI=1S/C14H19N3/c1-3-8-17(2)11-14-5-4-12(10-16-14)9-15-13-6-7-13/h1,4-5,10,13,15H,6-9,11H2,2H3. The Labute approximate surface area is 103 Å². The Kier molecular flexibility index (Phi) is 4.13. The third-order valence-electron chi connectivity index (χ3n) is 2.85. The zero-order valence-electron chi connectivity index (χ0n) is 10.3. The lowest BCUT2D eigenvalue weighted by molar-refractivity contribution is 0.364. The molecule has 1 aromatic rings. The van der Waals surface area contributed by atoms with Gasteiger partial charge in [0.2, 0.25) is 0 Å². The van der Waals surface area contributed by atoms with E-state index in [2.05, 4.69) is 33.3 Å². The number of hydrogen-bond donors (Lipinski definition) is 1. The van der Waals surface area contributed by atoms with Gasteiger partial charge in [-0.05, 0) is 31.5 Å². The third-order valence-corrected chi connectivity index (χ3v) is 2.85. The molecule has 3 heteroatoms. The summed E-state index contributed by atoms with van der Waals surface area (Å²) in [7, 11) is 2.00. The van der Waals surface area contributed by atoms with Gasteiger partial charge >= 0.3 is 0 Å². The summed E-state index contributed by atoms with van der Waals surface area (Å²) < 4.78 is 0. The fourth-order valence-corrected chi connectivity index (χ4v) is 1.69. The maximum absolute atomic E-state index is 5.26. The highest BCUT2D eigenvalue weighted by Gasteiger charge is 2.19. The van der Waals surface area contributed by atoms with Crippen molar-refractivity contribution in [3.63, 3.8) is 0 Å². The van der Waals surface area contributed by atoms with Crippen molar-refractivity contribution in [3.05, 3.63) is 29.6 Å². The molecule has 0 aliphatic heterocycles. The predicted molar refractivity (Wildman–Crippen MR) is 69.3 cm³/mol. The Morgan fingerprint density at radius 1 is 1.53 bits per heavy atom. The van der Waals surface area contributed by atoms with Crippen LogP contribution in [-0.4, -0.2) is 29.5 Å². The van der Waals surface area contributed by atoms with Crippen molar-refractivity contribution >= 4 is 0 Å². The lowest BCUT2D eigenvalue weighted by Gasteiger charge is -2.12. The molecule has 1 heterocycles. The average Bonchev–Trinajstić information content (AvgIpc) is 3.12. The van der Waals surface area contributed by atoms with E-state index >= 15 is 0 Å². The van der Waals surface area contributed by atoms with Crippen LogP contribution in [0, 0.1) is 12.3 Å². The first-order chi connectivity index (χ1) is 8.28. The Morgan fingerprint density at radius 3 is 2.94 bits per heavy atom. The molecular formula is C14H19N3. The highest BCUT2D eigenvalue weighted by molar-refractivity contribution is 5.14. The van der Waals surface area contributed by atoms with Gasteiger partial charge in [0.15, 0.2) is 0 Å². The number of nitrogens with one attached hydrogen (secondary N) is 1. The summed E-state index contributed by atoms with van der Waals surface area (Å²) in [6.07, 6.45) is 9.86. The van der Waals surface area contributed by atoms with E-state index in [1.165, 1.54) is 18.4 Å². The molecule has 1 N–H and O–H groups in total. The van der Waals surface area contributed by atoms with Crippen LogP contribution in [0.4, 0.5) is 0 Å². The molecule has 0 spiro atoms. The second-order valence-electron chi connectivity index (χ2n) is 4.69. The zero-order chi connectivity index (χ0) is 12.1. The molecule has 17 heavy (non-hydrogen) atoms. The first-order valence-corrected chi connectivity index (χ1v) is 6.07. The van der Waals surface area contributed by atoms with E-state index in [1.807, 2.05) is 13.2 Å². The van der Waals surface area contributed by atoms with Crippen LogP contribution in [0.5, 0.6) is 0 Å². The summed E-state index contributed by atoms with van der Waals surface area (Å²) in [5.41, 5.74) is 2.32. The largest absolute Gasteiger partial charge is 0.310 e. The molecule has 2 rings (SSSR count). The van der Waals surface area contributed by atoms with E-state index in [0.717, 1.165) is 24.8 Å². The maximum Gasteiger partial charge on any atom is 0.0599 e. The van der Waals surface area contributed by atoms with Crippen molar-refractivity contribution in [2.45, 2.75) is 32.0 Å². The summed E-state index contributed by atoms with van der Waals surface area (Å²) in [5.74, 6) is 2.63. The van der Waals surface area contributed by atoms with Crippen molar-refractivity contribution in [1.29, 1.82) is 0 Å². The normalized spacial score (nSPS) is 14.9. The third kappa shape index (κ3) is 4.18. The average molecular weight is 229 g/mol. The van der Waals surface area contributed by atoms with Crippen LogP contribution in [0.25, 0.3) is 0 Å². The minimum atomic E-state index is 0.659. The molecular weight excluding hydrogens is 210 g/mol. The zero-order valence-corrected chi connectivity index (χ0v) is 10.3. The summed E-state index contributed by atoms with van der Waals surface area (Å²) in [6.45, 7) is 2.39. The molecule has 0 amide bonds. The monoisotopic (exact) mass is 229 g/mol. The molecule has 0 atom stereocenters. The van der Waals surface area contributed by atoms with Crippen LogP contribution in [0.15, 0.2) is 18.3 Å². The summed E-state index contributed by atoms with van der Waals surface area (Å²) >= 11 is 0. The van der Waals surface area contributed by atoms with E-state index < -0.39 is 0 Å². The van der Waals surface area contributed by atoms with Crippen LogP contribution in [-0.2, 0) is 13.1 Å². The van der Waals surface area contributed by atoms with E-state index in [4.69, 9.17) is 6.42 Å². The number of terminal acetylenes is 1. The molecule has 3 nitrogen and oxygen atoms in total. The molecule has 1 aliphatic carbocycles. The first-order valence-electron chi connectivity index (χ1n) is 6.07. The summed E-state index contributed by atoms with van der Waals surface area (Å²) in [6, 6.07) is 4.97. The van der Waals surface area contributed by atoms with Gasteiger partial charge in [-0.15, -0.1) is 6.42 Å². The molecule has 1 saturated carbocycles. The highest BCUT2D eigenvalue weighted by Crippen LogP contribution is 2.19. The number of nitrogens with zero attached hydrogens (tertiary/aromatic N) is 2. The van der Waals surface area contributed by atoms with Gasteiger partial charge < -0.3 is 5.32 Å². The van der Waals surface area contributed by atoms with E-state index in [1.54, 1.807) is 0 Å². The van der Waals surface area contributed by atoms with Crippen molar-refractivity contribution in [1.82, 2.24) is 15.2 Å². The molecule has 1 aromatic heterocycles. The molecule has 0 radical (unpaired) electrons. The van der Waals surface area contributed by atoms with Crippen LogP contribution in [0.2, 0.25) is 0 Å². The molecule has 0 aromatic carbocycles. The Morgan fingerprint density at radius 2 is 2.35 bits per heavy atom. The fraction of sp³-hybridized carbons (Fsp3) is 0.500. The minimum Gasteiger partial charge on any atom is -0.310 e. The number of rotatable bonds is 6. The quantitative estimate of drug-likeness (QED) is 0.747. The maximum atomic E-state index is 5.26. The van der Waals surface area contributed by atoms with E-state index in [9.17, 15) is 0 Å². The Balaban J connectivity index is 1.81. The number of aromatic nitrogens is 1. The first kappa shape index (κ1) is 12.1. The van der Waals surface area contributed by atoms with Gasteiger partial charge in [-0.25, -0.2) is 0 Å². The van der Waals surface area contributed by atoms with Crippen molar-refractivity contribution in [2.75, 3.05) is 13.6 Å². The second-order valence-corrected chi connectivity index (χ2v) is 4.69. The van der Waals surface area contributed by atoms with Gasteiger partial charge in [0.1, 0.15) is 0 Å². The highest BCUT2D eigenvalue weighted by atomic mass is 15.1. The lowest BCUT2D eigenvalue weighted by Crippen LogP contribution is -2.19. The minimum absolute atomic E-state index is 0.659. The fourth-order valence-electron chi connectivity index (χ4n) is 1.69. The van der Waals surface area contributed by atoms with Crippen LogP contribution < -0.4 is 5.32 Å². The lowest BCUT2D eigenvalue weighted by atomic mass is 10.2. The van der Waals surface area contributed by atoms with Crippen molar-refractivity contribution in [2.24, 2.45) is 0 Å². The predicted octanol–water partition coefficient (Wildman–Crippen LogP) is 1.40. The number of pyridine rings is 1. The van der Waals surface area contributed by atoms with Gasteiger partial charge in [0, 0.05) is 25.3 Å². The summed E-state index contributed by atoms with van der Waals surface area (Å²) in [5, 5.41) is 3.48. The second kappa shape index (κ2) is 5.81. The molecule has 1 aliphatic rings. The van der Waals surface area contributed by atoms with Gasteiger partial charge in [-0.3, -0.25) is 9.88 Å². The van der Waals surface area contributed by atoms with Gasteiger partial charge in [0.05, 0.1) is 12.2 Å². The molecule has 1 fully saturated rings. The molecule has 0 saturated heterocycles. The van der Waals surface area contributed by atoms with Gasteiger partial charge in [-0.1, -0.05) is 12.0 Å². The Hall–Kier alpha value is -1.37. The Bertz CT molecular complexity index is 387. The van der Waals surface area contributed by atoms with Crippen molar-refractivity contribution < 1.29 is 0 Å². The van der Waals surface area contributed by atoms with Crippen LogP contribution in [0.1, 0.15) is 24.1 Å². The van der Waals surface area contributed by atoms with Gasteiger partial charge in [-0.2, -0.15) is 0 Å². The smallest absolute Gasteiger partial charge is 0.0599 e.